The number of rotatable bonds is 2. The Hall–Kier alpha value is -1.11. The molecule has 0 saturated carbocycles. The van der Waals surface area contributed by atoms with Gasteiger partial charge in [0.05, 0.1) is 5.69 Å². The van der Waals surface area contributed by atoms with Crippen molar-refractivity contribution in [1.82, 2.24) is 0 Å². The molecule has 18 heavy (non-hydrogen) atoms. The first-order valence-corrected chi connectivity index (χ1v) is 7.10. The van der Waals surface area contributed by atoms with Crippen LogP contribution in [0.4, 0.5) is 5.69 Å². The molecule has 0 saturated heterocycles. The summed E-state index contributed by atoms with van der Waals surface area (Å²) in [5.74, 6) is 0. The molecule has 0 bridgehead atoms. The highest BCUT2D eigenvalue weighted by Crippen LogP contribution is 2.19. The molecule has 0 spiro atoms. The molecular weight excluding hydrogens is 218 g/mol. The van der Waals surface area contributed by atoms with E-state index in [0.717, 1.165) is 11.4 Å². The van der Waals surface area contributed by atoms with Gasteiger partial charge < -0.3 is 0 Å². The van der Waals surface area contributed by atoms with Crippen molar-refractivity contribution in [3.63, 3.8) is 0 Å². The summed E-state index contributed by atoms with van der Waals surface area (Å²) in [5.41, 5.74) is 4.72. The monoisotopic (exact) mass is 249 g/mol. The minimum atomic E-state index is 1.08. The standard InChI is InChI=1S/C11H15N.C4H10.C2H6/c1-8(2)12-11-6-5-9(3)7-10(11)4;1-3-4-2;1-2/h5-7H,1-4H3;3-4H2,1-2H3;1-2H3. The van der Waals surface area contributed by atoms with Crippen LogP contribution in [0.15, 0.2) is 23.2 Å². The van der Waals surface area contributed by atoms with E-state index >= 15 is 0 Å². The summed E-state index contributed by atoms with van der Waals surface area (Å²) in [4.78, 5) is 4.42. The van der Waals surface area contributed by atoms with Gasteiger partial charge >= 0.3 is 0 Å². The maximum atomic E-state index is 4.42. The number of hydrogen-bond donors (Lipinski definition) is 0. The van der Waals surface area contributed by atoms with E-state index in [1.54, 1.807) is 0 Å². The largest absolute Gasteiger partial charge is 0.258 e. The molecular formula is C17H31N. The summed E-state index contributed by atoms with van der Waals surface area (Å²) < 4.78 is 0. The van der Waals surface area contributed by atoms with Crippen LogP contribution in [0.25, 0.3) is 0 Å². The second-order valence-electron chi connectivity index (χ2n) is 4.35. The third-order valence-corrected chi connectivity index (χ3v) is 2.20. The van der Waals surface area contributed by atoms with Gasteiger partial charge in [-0.25, -0.2) is 0 Å². The van der Waals surface area contributed by atoms with E-state index in [9.17, 15) is 0 Å². The van der Waals surface area contributed by atoms with Crippen LogP contribution in [0, 0.1) is 13.8 Å². The average molecular weight is 249 g/mol. The van der Waals surface area contributed by atoms with Crippen LogP contribution in [0.5, 0.6) is 0 Å². The lowest BCUT2D eigenvalue weighted by molar-refractivity contribution is 0.886. The quantitative estimate of drug-likeness (QED) is 0.549. The molecule has 0 aliphatic rings. The van der Waals surface area contributed by atoms with Crippen LogP contribution in [0.1, 0.15) is 65.5 Å². The smallest absolute Gasteiger partial charge is 0.0658 e. The van der Waals surface area contributed by atoms with Gasteiger partial charge in [-0.3, -0.25) is 4.99 Å². The van der Waals surface area contributed by atoms with Crippen LogP contribution in [0.3, 0.4) is 0 Å². The molecule has 0 heterocycles. The molecule has 0 unspecified atom stereocenters. The lowest BCUT2D eigenvalue weighted by Crippen LogP contribution is -1.82. The van der Waals surface area contributed by atoms with Gasteiger partial charge in [0.15, 0.2) is 0 Å². The van der Waals surface area contributed by atoms with Gasteiger partial charge in [0, 0.05) is 5.71 Å². The third-order valence-electron chi connectivity index (χ3n) is 2.20. The molecule has 0 aromatic heterocycles. The van der Waals surface area contributed by atoms with E-state index in [2.05, 4.69) is 50.9 Å². The van der Waals surface area contributed by atoms with Crippen molar-refractivity contribution in [2.24, 2.45) is 4.99 Å². The first-order chi connectivity index (χ1) is 8.51. The molecule has 1 nitrogen and oxygen atoms in total. The molecule has 0 N–H and O–H groups in total. The Bertz CT molecular complexity index is 331. The van der Waals surface area contributed by atoms with Gasteiger partial charge in [0.25, 0.3) is 0 Å². The van der Waals surface area contributed by atoms with Crippen molar-refractivity contribution in [3.8, 4) is 0 Å². The summed E-state index contributed by atoms with van der Waals surface area (Å²) in [5, 5.41) is 0. The van der Waals surface area contributed by atoms with Crippen molar-refractivity contribution in [2.45, 2.75) is 68.2 Å². The number of hydrogen-bond acceptors (Lipinski definition) is 1. The summed E-state index contributed by atoms with van der Waals surface area (Å²) in [6.45, 7) is 16.6. The van der Waals surface area contributed by atoms with E-state index in [1.807, 2.05) is 27.7 Å². The minimum absolute atomic E-state index is 1.08. The highest BCUT2D eigenvalue weighted by molar-refractivity contribution is 5.82. The number of aliphatic imine (C=N–C) groups is 1. The second-order valence-corrected chi connectivity index (χ2v) is 4.35. The molecule has 104 valence electrons. The van der Waals surface area contributed by atoms with Crippen molar-refractivity contribution in [1.29, 1.82) is 0 Å². The summed E-state index contributed by atoms with van der Waals surface area (Å²) in [6, 6.07) is 6.31. The molecule has 0 amide bonds. The zero-order valence-corrected chi connectivity index (χ0v) is 13.6. The van der Waals surface area contributed by atoms with Gasteiger partial charge in [-0.2, -0.15) is 0 Å². The molecule has 1 aromatic carbocycles. The maximum absolute atomic E-state index is 4.42. The zero-order valence-electron chi connectivity index (χ0n) is 13.6. The van der Waals surface area contributed by atoms with Crippen LogP contribution < -0.4 is 0 Å². The highest BCUT2D eigenvalue weighted by Gasteiger charge is 1.94. The molecule has 0 atom stereocenters. The Morgan fingerprint density at radius 3 is 1.83 bits per heavy atom. The third kappa shape index (κ3) is 10.1. The predicted molar refractivity (Wildman–Crippen MR) is 86.3 cm³/mol. The fourth-order valence-corrected chi connectivity index (χ4v) is 1.17. The summed E-state index contributed by atoms with van der Waals surface area (Å²) >= 11 is 0. The van der Waals surface area contributed by atoms with Gasteiger partial charge in [-0.15, -0.1) is 0 Å². The van der Waals surface area contributed by atoms with E-state index in [4.69, 9.17) is 0 Å². The van der Waals surface area contributed by atoms with Crippen molar-refractivity contribution >= 4 is 11.4 Å². The second kappa shape index (κ2) is 12.3. The Balaban J connectivity index is 0. The number of benzene rings is 1. The fraction of sp³-hybridized carbons (Fsp3) is 0.588. The SMILES string of the molecule is CC.CC(C)=Nc1ccc(C)cc1C.CCCC. The Kier molecular flexibility index (Phi) is 13.2. The molecule has 0 aliphatic carbocycles. The minimum Gasteiger partial charge on any atom is -0.258 e. The molecule has 0 fully saturated rings. The van der Waals surface area contributed by atoms with Crippen LogP contribution in [0.2, 0.25) is 0 Å². The first kappa shape index (κ1) is 19.2. The van der Waals surface area contributed by atoms with E-state index < -0.39 is 0 Å². The maximum Gasteiger partial charge on any atom is 0.0658 e. The van der Waals surface area contributed by atoms with Gasteiger partial charge in [0.2, 0.25) is 0 Å². The van der Waals surface area contributed by atoms with E-state index in [-0.39, 0.29) is 0 Å². The zero-order chi connectivity index (χ0) is 14.6. The van der Waals surface area contributed by atoms with Crippen molar-refractivity contribution in [2.75, 3.05) is 0 Å². The first-order valence-electron chi connectivity index (χ1n) is 7.10. The van der Waals surface area contributed by atoms with Crippen LogP contribution >= 0.6 is 0 Å². The Labute approximate surface area is 114 Å². The Morgan fingerprint density at radius 2 is 1.50 bits per heavy atom. The number of aryl methyl sites for hydroxylation is 2. The molecule has 0 aliphatic heterocycles. The lowest BCUT2D eigenvalue weighted by atomic mass is 10.1. The molecule has 1 heteroatoms. The van der Waals surface area contributed by atoms with Crippen LogP contribution in [-0.4, -0.2) is 5.71 Å². The van der Waals surface area contributed by atoms with Crippen molar-refractivity contribution in [3.05, 3.63) is 29.3 Å². The van der Waals surface area contributed by atoms with E-state index in [0.29, 0.717) is 0 Å². The number of nitrogens with zero attached hydrogens (tertiary/aromatic N) is 1. The topological polar surface area (TPSA) is 12.4 Å². The van der Waals surface area contributed by atoms with Gasteiger partial charge in [-0.05, 0) is 39.3 Å². The summed E-state index contributed by atoms with van der Waals surface area (Å²) in [6.07, 6.45) is 2.64. The van der Waals surface area contributed by atoms with Crippen molar-refractivity contribution < 1.29 is 0 Å². The van der Waals surface area contributed by atoms with Gasteiger partial charge in [0.1, 0.15) is 0 Å². The predicted octanol–water partition coefficient (Wildman–Crippen LogP) is 6.25. The van der Waals surface area contributed by atoms with E-state index in [1.165, 1.54) is 24.0 Å². The molecule has 0 radical (unpaired) electrons. The van der Waals surface area contributed by atoms with Crippen LogP contribution in [-0.2, 0) is 0 Å². The number of unbranched alkanes of at least 4 members (excludes halogenated alkanes) is 1. The average Bonchev–Trinajstić information content (AvgIpc) is 2.35. The fourth-order valence-electron chi connectivity index (χ4n) is 1.17. The van der Waals surface area contributed by atoms with Gasteiger partial charge in [-0.1, -0.05) is 58.2 Å². The lowest BCUT2D eigenvalue weighted by Gasteiger charge is -2.01. The summed E-state index contributed by atoms with van der Waals surface area (Å²) in [7, 11) is 0. The highest BCUT2D eigenvalue weighted by atomic mass is 14.7. The molecule has 1 rings (SSSR count). The molecule has 1 aromatic rings. The normalized spacial score (nSPS) is 8.44. The Morgan fingerprint density at radius 1 is 1.00 bits per heavy atom.